The second kappa shape index (κ2) is 4.88. The van der Waals surface area contributed by atoms with E-state index in [2.05, 4.69) is 34.2 Å². The van der Waals surface area contributed by atoms with Crippen molar-refractivity contribution in [3.05, 3.63) is 53.3 Å². The van der Waals surface area contributed by atoms with Crippen molar-refractivity contribution in [1.29, 1.82) is 0 Å². The summed E-state index contributed by atoms with van der Waals surface area (Å²) >= 11 is 0. The maximum Gasteiger partial charge on any atom is 0.215 e. The number of aromatic nitrogens is 3. The Labute approximate surface area is 123 Å². The zero-order valence-electron chi connectivity index (χ0n) is 12.0. The first kappa shape index (κ1) is 12.4. The third-order valence-electron chi connectivity index (χ3n) is 4.25. The van der Waals surface area contributed by atoms with E-state index in [1.807, 2.05) is 12.1 Å². The number of H-pyrrole nitrogens is 1. The van der Waals surface area contributed by atoms with Crippen LogP contribution in [-0.4, -0.2) is 22.1 Å². The molecular weight excluding hydrogens is 262 g/mol. The summed E-state index contributed by atoms with van der Waals surface area (Å²) < 4.78 is 5.17. The van der Waals surface area contributed by atoms with Crippen molar-refractivity contribution in [3.8, 4) is 5.88 Å². The number of rotatable bonds is 2. The van der Waals surface area contributed by atoms with Gasteiger partial charge in [0.05, 0.1) is 12.6 Å². The lowest BCUT2D eigenvalue weighted by Gasteiger charge is -2.23. The van der Waals surface area contributed by atoms with Crippen LogP contribution < -0.4 is 4.74 Å². The van der Waals surface area contributed by atoms with Crippen molar-refractivity contribution in [2.45, 2.75) is 25.2 Å². The first-order chi connectivity index (χ1) is 10.3. The van der Waals surface area contributed by atoms with Crippen LogP contribution >= 0.6 is 0 Å². The van der Waals surface area contributed by atoms with Crippen molar-refractivity contribution in [2.75, 3.05) is 7.11 Å². The molecule has 4 rings (SSSR count). The molecule has 2 heterocycles. The summed E-state index contributed by atoms with van der Waals surface area (Å²) in [5, 5.41) is 0. The first-order valence-electron chi connectivity index (χ1n) is 7.33. The van der Waals surface area contributed by atoms with E-state index in [-0.39, 0.29) is 0 Å². The van der Waals surface area contributed by atoms with Crippen LogP contribution in [0.2, 0.25) is 0 Å². The van der Waals surface area contributed by atoms with E-state index < -0.39 is 0 Å². The highest BCUT2D eigenvalue weighted by Crippen LogP contribution is 2.35. The highest BCUT2D eigenvalue weighted by molar-refractivity contribution is 5.71. The van der Waals surface area contributed by atoms with Gasteiger partial charge < -0.3 is 9.72 Å². The van der Waals surface area contributed by atoms with Gasteiger partial charge in [-0.05, 0) is 36.5 Å². The van der Waals surface area contributed by atoms with Gasteiger partial charge in [0, 0.05) is 12.0 Å². The molecule has 1 aliphatic carbocycles. The number of methoxy groups -OCH3 is 1. The molecule has 1 aliphatic rings. The zero-order valence-corrected chi connectivity index (χ0v) is 12.0. The fourth-order valence-electron chi connectivity index (χ4n) is 3.21. The highest BCUT2D eigenvalue weighted by atomic mass is 16.5. The third kappa shape index (κ3) is 2.07. The maximum absolute atomic E-state index is 5.17. The molecule has 0 spiro atoms. The topological polar surface area (TPSA) is 50.8 Å². The Hall–Kier alpha value is -2.36. The Morgan fingerprint density at radius 1 is 1.14 bits per heavy atom. The molecule has 0 saturated carbocycles. The van der Waals surface area contributed by atoms with Crippen molar-refractivity contribution in [3.63, 3.8) is 0 Å². The molecule has 0 amide bonds. The van der Waals surface area contributed by atoms with E-state index in [1.165, 1.54) is 24.0 Å². The van der Waals surface area contributed by atoms with Crippen LogP contribution in [0.4, 0.5) is 0 Å². The number of ether oxygens (including phenoxy) is 1. The summed E-state index contributed by atoms with van der Waals surface area (Å²) in [5.74, 6) is 1.96. The normalized spacial score (nSPS) is 17.7. The van der Waals surface area contributed by atoms with Crippen LogP contribution in [0.1, 0.15) is 35.7 Å². The van der Waals surface area contributed by atoms with Crippen LogP contribution in [0.25, 0.3) is 11.2 Å². The van der Waals surface area contributed by atoms with Gasteiger partial charge in [0.1, 0.15) is 5.82 Å². The Morgan fingerprint density at radius 3 is 2.95 bits per heavy atom. The largest absolute Gasteiger partial charge is 0.481 e. The lowest BCUT2D eigenvalue weighted by atomic mass is 9.82. The number of pyridine rings is 1. The zero-order chi connectivity index (χ0) is 14.2. The molecule has 21 heavy (non-hydrogen) atoms. The molecule has 1 unspecified atom stereocenters. The summed E-state index contributed by atoms with van der Waals surface area (Å²) in [6.45, 7) is 0. The fourth-order valence-corrected chi connectivity index (χ4v) is 3.21. The molecule has 3 aromatic rings. The van der Waals surface area contributed by atoms with E-state index in [0.717, 1.165) is 23.4 Å². The van der Waals surface area contributed by atoms with Gasteiger partial charge in [-0.3, -0.25) is 0 Å². The number of aryl methyl sites for hydroxylation is 1. The number of hydrogen-bond donors (Lipinski definition) is 1. The van der Waals surface area contributed by atoms with Crippen molar-refractivity contribution >= 4 is 11.2 Å². The van der Waals surface area contributed by atoms with E-state index in [9.17, 15) is 0 Å². The monoisotopic (exact) mass is 279 g/mol. The SMILES string of the molecule is COc1ccc2[nH]c(C3CCCc4ccccc43)nc2n1. The van der Waals surface area contributed by atoms with Crippen molar-refractivity contribution < 1.29 is 4.74 Å². The number of benzene rings is 1. The van der Waals surface area contributed by atoms with Crippen LogP contribution in [-0.2, 0) is 6.42 Å². The second-order valence-corrected chi connectivity index (χ2v) is 5.49. The van der Waals surface area contributed by atoms with Crippen LogP contribution in [0, 0.1) is 0 Å². The minimum atomic E-state index is 0.343. The Morgan fingerprint density at radius 2 is 2.05 bits per heavy atom. The second-order valence-electron chi connectivity index (χ2n) is 5.49. The molecule has 106 valence electrons. The standard InChI is InChI=1S/C17H17N3O/c1-21-15-10-9-14-17(19-15)20-16(18-14)13-8-4-6-11-5-2-3-7-12(11)13/h2-3,5,7,9-10,13H,4,6,8H2,1H3,(H,18,19,20). The van der Waals surface area contributed by atoms with Gasteiger partial charge in [-0.1, -0.05) is 24.3 Å². The molecular formula is C17H17N3O. The minimum Gasteiger partial charge on any atom is -0.481 e. The summed E-state index contributed by atoms with van der Waals surface area (Å²) in [6, 6.07) is 12.5. The van der Waals surface area contributed by atoms with Crippen molar-refractivity contribution in [2.24, 2.45) is 0 Å². The van der Waals surface area contributed by atoms with Crippen LogP contribution in [0.5, 0.6) is 5.88 Å². The molecule has 4 nitrogen and oxygen atoms in total. The molecule has 0 saturated heterocycles. The molecule has 4 heteroatoms. The molecule has 1 atom stereocenters. The number of fused-ring (bicyclic) bond motifs is 2. The first-order valence-corrected chi connectivity index (χ1v) is 7.33. The maximum atomic E-state index is 5.17. The lowest BCUT2D eigenvalue weighted by Crippen LogP contribution is -2.12. The number of aromatic amines is 1. The molecule has 1 N–H and O–H groups in total. The predicted octanol–water partition coefficient (Wildman–Crippen LogP) is 3.43. The molecule has 0 aliphatic heterocycles. The quantitative estimate of drug-likeness (QED) is 0.782. The number of nitrogens with one attached hydrogen (secondary N) is 1. The summed E-state index contributed by atoms with van der Waals surface area (Å²) in [7, 11) is 1.62. The van der Waals surface area contributed by atoms with E-state index in [1.54, 1.807) is 7.11 Å². The fraction of sp³-hybridized carbons (Fsp3) is 0.294. The van der Waals surface area contributed by atoms with Gasteiger partial charge in [0.2, 0.25) is 5.88 Å². The Balaban J connectivity index is 1.80. The molecule has 0 bridgehead atoms. The van der Waals surface area contributed by atoms with E-state index in [0.29, 0.717) is 11.8 Å². The number of hydrogen-bond acceptors (Lipinski definition) is 3. The van der Waals surface area contributed by atoms with E-state index >= 15 is 0 Å². The van der Waals surface area contributed by atoms with Gasteiger partial charge in [-0.15, -0.1) is 0 Å². The average Bonchev–Trinajstić information content (AvgIpc) is 2.97. The summed E-state index contributed by atoms with van der Waals surface area (Å²) in [5.41, 5.74) is 4.54. The molecule has 1 aromatic carbocycles. The van der Waals surface area contributed by atoms with E-state index in [4.69, 9.17) is 9.72 Å². The average molecular weight is 279 g/mol. The lowest BCUT2D eigenvalue weighted by molar-refractivity contribution is 0.399. The molecule has 0 radical (unpaired) electrons. The van der Waals surface area contributed by atoms with Gasteiger partial charge in [-0.25, -0.2) is 4.98 Å². The number of imidazole rings is 1. The third-order valence-corrected chi connectivity index (χ3v) is 4.25. The van der Waals surface area contributed by atoms with Gasteiger partial charge >= 0.3 is 0 Å². The van der Waals surface area contributed by atoms with Gasteiger partial charge in [0.25, 0.3) is 0 Å². The minimum absolute atomic E-state index is 0.343. The highest BCUT2D eigenvalue weighted by Gasteiger charge is 2.24. The van der Waals surface area contributed by atoms with Gasteiger partial charge in [-0.2, -0.15) is 4.98 Å². The Kier molecular flexibility index (Phi) is 2.88. The van der Waals surface area contributed by atoms with Crippen LogP contribution in [0.15, 0.2) is 36.4 Å². The number of nitrogens with zero attached hydrogens (tertiary/aromatic N) is 2. The molecule has 2 aromatic heterocycles. The molecule has 0 fully saturated rings. The Bertz CT molecular complexity index is 794. The smallest absolute Gasteiger partial charge is 0.215 e. The predicted molar refractivity (Wildman–Crippen MR) is 81.7 cm³/mol. The van der Waals surface area contributed by atoms with Crippen molar-refractivity contribution in [1.82, 2.24) is 15.0 Å². The van der Waals surface area contributed by atoms with Gasteiger partial charge in [0.15, 0.2) is 5.65 Å². The van der Waals surface area contributed by atoms with Crippen LogP contribution in [0.3, 0.4) is 0 Å². The summed E-state index contributed by atoms with van der Waals surface area (Å²) in [6.07, 6.45) is 3.50. The summed E-state index contributed by atoms with van der Waals surface area (Å²) in [4.78, 5) is 12.5.